The molecule has 0 aliphatic heterocycles. The molecule has 22 heavy (non-hydrogen) atoms. The highest BCUT2D eigenvalue weighted by atomic mass is 35.5. The van der Waals surface area contributed by atoms with E-state index in [4.69, 9.17) is 16.3 Å². The minimum absolute atomic E-state index is 0.168. The van der Waals surface area contributed by atoms with Crippen LogP contribution in [-0.2, 0) is 4.74 Å². The van der Waals surface area contributed by atoms with Crippen LogP contribution in [-0.4, -0.2) is 29.7 Å². The molecule has 2 heterocycles. The number of hydrogen-bond donors (Lipinski definition) is 1. The highest BCUT2D eigenvalue weighted by molar-refractivity contribution is 7.17. The van der Waals surface area contributed by atoms with Crippen LogP contribution in [0.1, 0.15) is 6.92 Å². The van der Waals surface area contributed by atoms with E-state index in [9.17, 15) is 0 Å². The van der Waals surface area contributed by atoms with Crippen molar-refractivity contribution >= 4 is 39.0 Å². The molecule has 4 nitrogen and oxygen atoms in total. The number of methoxy groups -OCH3 is 1. The molecule has 0 spiro atoms. The van der Waals surface area contributed by atoms with E-state index < -0.39 is 0 Å². The average Bonchev–Trinajstić information content (AvgIpc) is 2.93. The zero-order valence-corrected chi connectivity index (χ0v) is 13.9. The quantitative estimate of drug-likeness (QED) is 0.749. The standard InChI is InChI=1S/C16H16ClN3OS/c1-10(7-21-2)20-15-14-13(8-22-16(14)19-9-18-15)11-3-5-12(17)6-4-11/h3-6,8-10H,7H2,1-2H3,(H,18,19,20). The fourth-order valence-electron chi connectivity index (χ4n) is 2.35. The van der Waals surface area contributed by atoms with E-state index in [1.54, 1.807) is 24.8 Å². The summed E-state index contributed by atoms with van der Waals surface area (Å²) in [6.45, 7) is 2.68. The molecule has 0 radical (unpaired) electrons. The maximum atomic E-state index is 5.98. The Kier molecular flexibility index (Phi) is 4.57. The van der Waals surface area contributed by atoms with Gasteiger partial charge in [0, 0.05) is 29.1 Å². The number of nitrogens with zero attached hydrogens (tertiary/aromatic N) is 2. The third-order valence-electron chi connectivity index (χ3n) is 3.33. The van der Waals surface area contributed by atoms with Crippen LogP contribution >= 0.6 is 22.9 Å². The Labute approximate surface area is 138 Å². The number of ether oxygens (including phenoxy) is 1. The fraction of sp³-hybridized carbons (Fsp3) is 0.250. The SMILES string of the molecule is COCC(C)Nc1ncnc2scc(-c3ccc(Cl)cc3)c12. The van der Waals surface area contributed by atoms with Gasteiger partial charge < -0.3 is 10.1 Å². The average molecular weight is 334 g/mol. The molecule has 3 aromatic rings. The Morgan fingerprint density at radius 3 is 2.77 bits per heavy atom. The molecule has 0 aliphatic carbocycles. The van der Waals surface area contributed by atoms with Crippen molar-refractivity contribution in [3.8, 4) is 11.1 Å². The molecule has 0 fully saturated rings. The second-order valence-corrected chi connectivity index (χ2v) is 6.35. The zero-order valence-electron chi connectivity index (χ0n) is 12.3. The molecule has 3 rings (SSSR count). The molecule has 1 unspecified atom stereocenters. The van der Waals surface area contributed by atoms with E-state index in [2.05, 4.69) is 27.6 Å². The van der Waals surface area contributed by atoms with Crippen LogP contribution < -0.4 is 5.32 Å². The lowest BCUT2D eigenvalue weighted by Crippen LogP contribution is -2.21. The van der Waals surface area contributed by atoms with E-state index in [1.807, 2.05) is 24.3 Å². The monoisotopic (exact) mass is 333 g/mol. The van der Waals surface area contributed by atoms with Gasteiger partial charge in [0.05, 0.1) is 12.0 Å². The minimum atomic E-state index is 0.168. The van der Waals surface area contributed by atoms with Crippen LogP contribution in [0.3, 0.4) is 0 Å². The van der Waals surface area contributed by atoms with Crippen molar-refractivity contribution in [3.05, 3.63) is 41.0 Å². The molecular formula is C16H16ClN3OS. The molecule has 1 aromatic carbocycles. The first-order valence-electron chi connectivity index (χ1n) is 6.92. The van der Waals surface area contributed by atoms with Gasteiger partial charge in [-0.05, 0) is 24.6 Å². The van der Waals surface area contributed by atoms with Gasteiger partial charge in [0.15, 0.2) is 0 Å². The lowest BCUT2D eigenvalue weighted by Gasteiger charge is -2.14. The van der Waals surface area contributed by atoms with Crippen molar-refractivity contribution in [2.45, 2.75) is 13.0 Å². The minimum Gasteiger partial charge on any atom is -0.383 e. The van der Waals surface area contributed by atoms with E-state index in [0.717, 1.165) is 32.2 Å². The third kappa shape index (κ3) is 3.06. The van der Waals surface area contributed by atoms with Gasteiger partial charge >= 0.3 is 0 Å². The molecular weight excluding hydrogens is 318 g/mol. The van der Waals surface area contributed by atoms with Crippen LogP contribution in [0.25, 0.3) is 21.3 Å². The molecule has 0 saturated carbocycles. The molecule has 1 atom stereocenters. The molecule has 1 N–H and O–H groups in total. The lowest BCUT2D eigenvalue weighted by molar-refractivity contribution is 0.190. The van der Waals surface area contributed by atoms with Crippen molar-refractivity contribution in [3.63, 3.8) is 0 Å². The number of hydrogen-bond acceptors (Lipinski definition) is 5. The summed E-state index contributed by atoms with van der Waals surface area (Å²) in [5.41, 5.74) is 2.22. The van der Waals surface area contributed by atoms with Gasteiger partial charge in [-0.3, -0.25) is 0 Å². The Morgan fingerprint density at radius 2 is 2.05 bits per heavy atom. The number of fused-ring (bicyclic) bond motifs is 1. The Hall–Kier alpha value is -1.69. The topological polar surface area (TPSA) is 47.0 Å². The van der Waals surface area contributed by atoms with Gasteiger partial charge in [-0.15, -0.1) is 11.3 Å². The Bertz CT molecular complexity index is 773. The van der Waals surface area contributed by atoms with Crippen LogP contribution in [0.4, 0.5) is 5.82 Å². The summed E-state index contributed by atoms with van der Waals surface area (Å²) in [5, 5.41) is 7.27. The summed E-state index contributed by atoms with van der Waals surface area (Å²) in [4.78, 5) is 9.74. The largest absolute Gasteiger partial charge is 0.383 e. The maximum Gasteiger partial charge on any atom is 0.139 e. The number of thiophene rings is 1. The lowest BCUT2D eigenvalue weighted by atomic mass is 10.1. The molecule has 6 heteroatoms. The van der Waals surface area contributed by atoms with Gasteiger partial charge in [-0.25, -0.2) is 9.97 Å². The number of rotatable bonds is 5. The van der Waals surface area contributed by atoms with E-state index >= 15 is 0 Å². The van der Waals surface area contributed by atoms with Crippen molar-refractivity contribution in [2.24, 2.45) is 0 Å². The summed E-state index contributed by atoms with van der Waals surface area (Å²) in [6.07, 6.45) is 1.59. The van der Waals surface area contributed by atoms with Crippen LogP contribution in [0.5, 0.6) is 0 Å². The van der Waals surface area contributed by atoms with Crippen molar-refractivity contribution in [1.29, 1.82) is 0 Å². The molecule has 114 valence electrons. The maximum absolute atomic E-state index is 5.98. The van der Waals surface area contributed by atoms with Crippen molar-refractivity contribution in [1.82, 2.24) is 9.97 Å². The summed E-state index contributed by atoms with van der Waals surface area (Å²) in [6, 6.07) is 7.98. The number of aromatic nitrogens is 2. The second kappa shape index (κ2) is 6.60. The van der Waals surface area contributed by atoms with Gasteiger partial charge in [0.1, 0.15) is 17.0 Å². The highest BCUT2D eigenvalue weighted by Crippen LogP contribution is 2.36. The van der Waals surface area contributed by atoms with E-state index in [1.165, 1.54) is 0 Å². The molecule has 0 bridgehead atoms. The molecule has 0 amide bonds. The zero-order chi connectivity index (χ0) is 15.5. The van der Waals surface area contributed by atoms with Gasteiger partial charge in [0.25, 0.3) is 0 Å². The van der Waals surface area contributed by atoms with Crippen molar-refractivity contribution in [2.75, 3.05) is 19.0 Å². The van der Waals surface area contributed by atoms with E-state index in [-0.39, 0.29) is 6.04 Å². The summed E-state index contributed by atoms with van der Waals surface area (Å²) in [5.74, 6) is 0.834. The fourth-order valence-corrected chi connectivity index (χ4v) is 3.39. The third-order valence-corrected chi connectivity index (χ3v) is 4.46. The highest BCUT2D eigenvalue weighted by Gasteiger charge is 2.14. The smallest absolute Gasteiger partial charge is 0.139 e. The normalized spacial score (nSPS) is 12.5. The van der Waals surface area contributed by atoms with Crippen LogP contribution in [0.15, 0.2) is 36.0 Å². The second-order valence-electron chi connectivity index (χ2n) is 5.06. The molecule has 0 aliphatic rings. The van der Waals surface area contributed by atoms with E-state index in [0.29, 0.717) is 6.61 Å². The number of nitrogens with one attached hydrogen (secondary N) is 1. The molecule has 0 saturated heterocycles. The first-order chi connectivity index (χ1) is 10.7. The predicted molar refractivity (Wildman–Crippen MR) is 92.8 cm³/mol. The summed E-state index contributed by atoms with van der Waals surface area (Å²) < 4.78 is 5.18. The predicted octanol–water partition coefficient (Wildman–Crippen LogP) is 4.46. The first-order valence-corrected chi connectivity index (χ1v) is 8.18. The summed E-state index contributed by atoms with van der Waals surface area (Å²) >= 11 is 7.59. The van der Waals surface area contributed by atoms with Crippen LogP contribution in [0, 0.1) is 0 Å². The number of halogens is 1. The first kappa shape index (κ1) is 15.2. The van der Waals surface area contributed by atoms with Gasteiger partial charge in [0.2, 0.25) is 0 Å². The number of anilines is 1. The Morgan fingerprint density at radius 1 is 1.27 bits per heavy atom. The summed E-state index contributed by atoms with van der Waals surface area (Å²) in [7, 11) is 1.69. The van der Waals surface area contributed by atoms with Crippen molar-refractivity contribution < 1.29 is 4.74 Å². The van der Waals surface area contributed by atoms with Crippen LogP contribution in [0.2, 0.25) is 5.02 Å². The molecule has 2 aromatic heterocycles. The van der Waals surface area contributed by atoms with Gasteiger partial charge in [-0.1, -0.05) is 23.7 Å². The van der Waals surface area contributed by atoms with Gasteiger partial charge in [-0.2, -0.15) is 0 Å². The Balaban J connectivity index is 2.06. The number of benzene rings is 1.